The van der Waals surface area contributed by atoms with Gasteiger partial charge in [0.15, 0.2) is 0 Å². The van der Waals surface area contributed by atoms with Crippen LogP contribution in [0.2, 0.25) is 0 Å². The van der Waals surface area contributed by atoms with Crippen molar-refractivity contribution in [2.75, 3.05) is 11.9 Å². The van der Waals surface area contributed by atoms with Gasteiger partial charge in [-0.25, -0.2) is 4.79 Å². The van der Waals surface area contributed by atoms with Crippen molar-refractivity contribution in [1.29, 1.82) is 0 Å². The number of anilines is 1. The Morgan fingerprint density at radius 3 is 2.56 bits per heavy atom. The lowest BCUT2D eigenvalue weighted by Crippen LogP contribution is -2.42. The summed E-state index contributed by atoms with van der Waals surface area (Å²) in [7, 11) is 0. The summed E-state index contributed by atoms with van der Waals surface area (Å²) in [5.74, 6) is -1.70. The Morgan fingerprint density at radius 1 is 1.15 bits per heavy atom. The average Bonchev–Trinajstić information content (AvgIpc) is 2.77. The molecule has 0 spiro atoms. The number of nitrogens with zero attached hydrogens (tertiary/aromatic N) is 1. The van der Waals surface area contributed by atoms with E-state index in [1.165, 1.54) is 38.2 Å². The second kappa shape index (κ2) is 8.41. The fraction of sp³-hybridized carbons (Fsp3) is 0.550. The first-order chi connectivity index (χ1) is 12.9. The second-order valence-electron chi connectivity index (χ2n) is 7.52. The maximum absolute atomic E-state index is 12.9. The highest BCUT2D eigenvalue weighted by molar-refractivity contribution is 5.92. The Bertz CT molecular complexity index is 727. The number of aliphatic carboxylic acids is 1. The lowest BCUT2D eigenvalue weighted by atomic mass is 9.87. The monoisotopic (exact) mass is 374 g/mol. The lowest BCUT2D eigenvalue weighted by Gasteiger charge is -2.27. The van der Waals surface area contributed by atoms with Gasteiger partial charge in [0.05, 0.1) is 12.0 Å². The molecule has 1 aromatic carbocycles. The van der Waals surface area contributed by atoms with Crippen LogP contribution in [0.25, 0.3) is 0 Å². The third kappa shape index (κ3) is 4.78. The topological polar surface area (TPSA) is 107 Å². The van der Waals surface area contributed by atoms with Crippen molar-refractivity contribution < 1.29 is 24.6 Å². The number of benzene rings is 1. The molecule has 3 N–H and O–H groups in total. The molecule has 7 nitrogen and oxygen atoms in total. The Labute approximate surface area is 158 Å². The fourth-order valence-electron chi connectivity index (χ4n) is 4.07. The van der Waals surface area contributed by atoms with E-state index in [4.69, 9.17) is 0 Å². The molecule has 0 saturated heterocycles. The minimum absolute atomic E-state index is 0.159. The number of aromatic carboxylic acids is 1. The summed E-state index contributed by atoms with van der Waals surface area (Å²) in [5.41, 5.74) is 1.49. The van der Waals surface area contributed by atoms with Gasteiger partial charge in [-0.15, -0.1) is 0 Å². The predicted molar refractivity (Wildman–Crippen MR) is 99.7 cm³/mol. The van der Waals surface area contributed by atoms with E-state index in [0.717, 1.165) is 6.42 Å². The first kappa shape index (κ1) is 19.2. The molecule has 27 heavy (non-hydrogen) atoms. The Morgan fingerprint density at radius 2 is 1.89 bits per heavy atom. The largest absolute Gasteiger partial charge is 0.481 e. The van der Waals surface area contributed by atoms with Crippen molar-refractivity contribution in [3.63, 3.8) is 0 Å². The Hall–Kier alpha value is -2.57. The third-order valence-electron chi connectivity index (χ3n) is 5.56. The minimum atomic E-state index is -1.04. The van der Waals surface area contributed by atoms with Gasteiger partial charge >= 0.3 is 11.9 Å². The number of hydrogen-bond donors (Lipinski definition) is 3. The van der Waals surface area contributed by atoms with Crippen molar-refractivity contribution in [2.24, 2.45) is 5.92 Å². The zero-order valence-electron chi connectivity index (χ0n) is 15.3. The van der Waals surface area contributed by atoms with Gasteiger partial charge in [-0.3, -0.25) is 9.59 Å². The summed E-state index contributed by atoms with van der Waals surface area (Å²) in [6.45, 7) is 0.864. The number of nitrogens with one attached hydrogen (secondary N) is 1. The number of carbonyl (C=O) groups is 3. The summed E-state index contributed by atoms with van der Waals surface area (Å²) in [5, 5.41) is 21.4. The maximum Gasteiger partial charge on any atom is 0.335 e. The molecule has 1 aliphatic carbocycles. The standard InChI is InChI=1S/C20H26N2O5/c23-18(24)11-17-19(25)22(9-8-13-4-2-1-3-5-13)12-15-10-14(20(26)27)6-7-16(15)21-17/h6-7,10,13,17,21H,1-5,8-9,11-12H2,(H,23,24)(H,26,27)/t17-/m1/s1. The molecule has 1 amide bonds. The molecule has 2 aliphatic rings. The molecular weight excluding hydrogens is 348 g/mol. The van der Waals surface area contributed by atoms with Gasteiger partial charge in [0.25, 0.3) is 0 Å². The molecular formula is C20H26N2O5. The van der Waals surface area contributed by atoms with Gasteiger partial charge in [0.2, 0.25) is 5.91 Å². The lowest BCUT2D eigenvalue weighted by molar-refractivity contribution is -0.141. The molecule has 1 atom stereocenters. The molecule has 0 unspecified atom stereocenters. The molecule has 1 heterocycles. The Balaban J connectivity index is 1.81. The van der Waals surface area contributed by atoms with Crippen molar-refractivity contribution >= 4 is 23.5 Å². The van der Waals surface area contributed by atoms with Crippen LogP contribution >= 0.6 is 0 Å². The molecule has 7 heteroatoms. The van der Waals surface area contributed by atoms with E-state index >= 15 is 0 Å². The molecule has 146 valence electrons. The number of carbonyl (C=O) groups excluding carboxylic acids is 1. The molecule has 1 saturated carbocycles. The number of carboxylic acids is 2. The van der Waals surface area contributed by atoms with E-state index in [1.807, 2.05) is 0 Å². The highest BCUT2D eigenvalue weighted by Crippen LogP contribution is 2.29. The van der Waals surface area contributed by atoms with Crippen LogP contribution in [0.5, 0.6) is 0 Å². The van der Waals surface area contributed by atoms with E-state index in [0.29, 0.717) is 30.3 Å². The summed E-state index contributed by atoms with van der Waals surface area (Å²) >= 11 is 0. The zero-order valence-corrected chi connectivity index (χ0v) is 15.3. The van der Waals surface area contributed by atoms with Crippen LogP contribution in [0.3, 0.4) is 0 Å². The van der Waals surface area contributed by atoms with Gasteiger partial charge < -0.3 is 20.4 Å². The van der Waals surface area contributed by atoms with Crippen molar-refractivity contribution in [2.45, 2.75) is 57.5 Å². The van der Waals surface area contributed by atoms with Crippen molar-refractivity contribution in [1.82, 2.24) is 4.90 Å². The van der Waals surface area contributed by atoms with Crippen LogP contribution in [0, 0.1) is 5.92 Å². The number of fused-ring (bicyclic) bond motifs is 1. The zero-order chi connectivity index (χ0) is 19.4. The third-order valence-corrected chi connectivity index (χ3v) is 5.56. The van der Waals surface area contributed by atoms with E-state index in [9.17, 15) is 24.6 Å². The van der Waals surface area contributed by atoms with Gasteiger partial charge in [0.1, 0.15) is 6.04 Å². The summed E-state index contributed by atoms with van der Waals surface area (Å²) in [4.78, 5) is 37.1. The first-order valence-corrected chi connectivity index (χ1v) is 9.57. The highest BCUT2D eigenvalue weighted by atomic mass is 16.4. The highest BCUT2D eigenvalue weighted by Gasteiger charge is 2.31. The van der Waals surface area contributed by atoms with E-state index in [-0.39, 0.29) is 17.9 Å². The molecule has 1 fully saturated rings. The molecule has 3 rings (SSSR count). The van der Waals surface area contributed by atoms with Gasteiger partial charge in [-0.1, -0.05) is 32.1 Å². The summed E-state index contributed by atoms with van der Waals surface area (Å²) in [6, 6.07) is 3.81. The van der Waals surface area contributed by atoms with Gasteiger partial charge in [-0.2, -0.15) is 0 Å². The first-order valence-electron chi connectivity index (χ1n) is 9.57. The smallest absolute Gasteiger partial charge is 0.335 e. The van der Waals surface area contributed by atoms with Gasteiger partial charge in [-0.05, 0) is 36.1 Å². The molecule has 1 aliphatic heterocycles. The predicted octanol–water partition coefficient (Wildman–Crippen LogP) is 2.95. The number of hydrogen-bond acceptors (Lipinski definition) is 4. The SMILES string of the molecule is O=C(O)C[C@H]1Nc2ccc(C(=O)O)cc2CN(CCC2CCCCC2)C1=O. The maximum atomic E-state index is 12.9. The van der Waals surface area contributed by atoms with Crippen molar-refractivity contribution in [3.05, 3.63) is 29.3 Å². The van der Waals surface area contributed by atoms with E-state index < -0.39 is 18.0 Å². The van der Waals surface area contributed by atoms with E-state index in [1.54, 1.807) is 17.0 Å². The fourth-order valence-corrected chi connectivity index (χ4v) is 4.07. The number of rotatable bonds is 6. The van der Waals surface area contributed by atoms with E-state index in [2.05, 4.69) is 5.32 Å². The Kier molecular flexibility index (Phi) is 5.98. The molecule has 0 aromatic heterocycles. The number of amides is 1. The number of carboxylic acid groups (broad SMARTS) is 2. The average molecular weight is 374 g/mol. The minimum Gasteiger partial charge on any atom is -0.481 e. The van der Waals surface area contributed by atoms with Crippen LogP contribution in [-0.4, -0.2) is 45.5 Å². The molecule has 0 bridgehead atoms. The van der Waals surface area contributed by atoms with Crippen LogP contribution in [0.4, 0.5) is 5.69 Å². The normalized spacial score (nSPS) is 20.5. The van der Waals surface area contributed by atoms with Crippen LogP contribution < -0.4 is 5.32 Å². The summed E-state index contributed by atoms with van der Waals surface area (Å²) in [6.07, 6.45) is 6.68. The van der Waals surface area contributed by atoms with Crippen molar-refractivity contribution in [3.8, 4) is 0 Å². The summed E-state index contributed by atoms with van der Waals surface area (Å²) < 4.78 is 0. The van der Waals surface area contributed by atoms with Crippen LogP contribution in [0.1, 0.15) is 60.9 Å². The van der Waals surface area contributed by atoms with Crippen LogP contribution in [0.15, 0.2) is 18.2 Å². The second-order valence-corrected chi connectivity index (χ2v) is 7.52. The molecule has 1 aromatic rings. The van der Waals surface area contributed by atoms with Crippen LogP contribution in [-0.2, 0) is 16.1 Å². The molecule has 0 radical (unpaired) electrons. The quantitative estimate of drug-likeness (QED) is 0.707. The van der Waals surface area contributed by atoms with Gasteiger partial charge in [0, 0.05) is 18.8 Å².